The van der Waals surface area contributed by atoms with Crippen LogP contribution in [-0.4, -0.2) is 35.3 Å². The van der Waals surface area contributed by atoms with E-state index in [0.717, 1.165) is 0 Å². The van der Waals surface area contributed by atoms with Crippen LogP contribution in [0.4, 0.5) is 5.69 Å². The molecule has 0 saturated heterocycles. The van der Waals surface area contributed by atoms with Crippen LogP contribution < -0.4 is 11.1 Å². The lowest BCUT2D eigenvalue weighted by Gasteiger charge is -2.04. The molecule has 0 bridgehead atoms. The first-order chi connectivity index (χ1) is 10.0. The van der Waals surface area contributed by atoms with Crippen molar-refractivity contribution >= 4 is 34.7 Å². The van der Waals surface area contributed by atoms with Gasteiger partial charge in [0.15, 0.2) is 5.65 Å². The Morgan fingerprint density at radius 1 is 1.62 bits per heavy atom. The number of carbonyl (C=O) groups excluding carboxylic acids is 1. The summed E-state index contributed by atoms with van der Waals surface area (Å²) in [4.78, 5) is 19.9. The number of carbonyl (C=O) groups is 1. The summed E-state index contributed by atoms with van der Waals surface area (Å²) in [5.74, 6) is -0.412. The third-order valence-electron chi connectivity index (χ3n) is 2.65. The van der Waals surface area contributed by atoms with Crippen molar-refractivity contribution in [1.82, 2.24) is 14.7 Å². The summed E-state index contributed by atoms with van der Waals surface area (Å²) >= 11 is 6.01. The molecule has 0 fully saturated rings. The molecule has 110 valence electrons. The minimum absolute atomic E-state index is 0.122. The average Bonchev–Trinajstić information content (AvgIpc) is 2.92. The first-order valence-electron chi connectivity index (χ1n) is 5.99. The molecular formula is C13H14ClN5O2. The van der Waals surface area contributed by atoms with Crippen LogP contribution in [0.25, 0.3) is 5.65 Å². The quantitative estimate of drug-likeness (QED) is 0.384. The maximum atomic E-state index is 11.5. The van der Waals surface area contributed by atoms with Gasteiger partial charge in [-0.1, -0.05) is 11.6 Å². The minimum atomic E-state index is -0.535. The van der Waals surface area contributed by atoms with Gasteiger partial charge in [0.1, 0.15) is 17.2 Å². The Morgan fingerprint density at radius 2 is 2.38 bits per heavy atom. The van der Waals surface area contributed by atoms with E-state index in [1.165, 1.54) is 13.2 Å². The Hall–Kier alpha value is -2.54. The van der Waals surface area contributed by atoms with E-state index in [0.29, 0.717) is 16.4 Å². The van der Waals surface area contributed by atoms with Gasteiger partial charge < -0.3 is 20.2 Å². The number of nitrogens with zero attached hydrogens (tertiary/aromatic N) is 3. The Bertz CT molecular complexity index is 735. The van der Waals surface area contributed by atoms with Gasteiger partial charge in [-0.3, -0.25) is 0 Å². The number of rotatable bonds is 4. The lowest BCUT2D eigenvalue weighted by molar-refractivity contribution is -0.136. The number of ether oxygens (including phenoxy) is 1. The summed E-state index contributed by atoms with van der Waals surface area (Å²) in [6, 6.07) is 1.64. The fourth-order valence-electron chi connectivity index (χ4n) is 1.73. The predicted molar refractivity (Wildman–Crippen MR) is 80.6 cm³/mol. The van der Waals surface area contributed by atoms with Crippen LogP contribution in [0.1, 0.15) is 0 Å². The highest BCUT2D eigenvalue weighted by Gasteiger charge is 2.09. The normalized spacial score (nSPS) is 12.5. The van der Waals surface area contributed by atoms with Gasteiger partial charge in [-0.05, 0) is 6.07 Å². The third kappa shape index (κ3) is 3.32. The first kappa shape index (κ1) is 14.9. The van der Waals surface area contributed by atoms with E-state index in [1.54, 1.807) is 36.1 Å². The van der Waals surface area contributed by atoms with Gasteiger partial charge in [0.25, 0.3) is 0 Å². The van der Waals surface area contributed by atoms with E-state index in [4.69, 9.17) is 17.3 Å². The van der Waals surface area contributed by atoms with Gasteiger partial charge in [-0.25, -0.2) is 14.8 Å². The van der Waals surface area contributed by atoms with Gasteiger partial charge in [-0.2, -0.15) is 0 Å². The Morgan fingerprint density at radius 3 is 3.05 bits per heavy atom. The van der Waals surface area contributed by atoms with E-state index in [2.05, 4.69) is 20.0 Å². The second-order valence-corrected chi connectivity index (χ2v) is 4.47. The highest BCUT2D eigenvalue weighted by atomic mass is 35.5. The van der Waals surface area contributed by atoms with Gasteiger partial charge in [0.2, 0.25) is 0 Å². The van der Waals surface area contributed by atoms with Gasteiger partial charge in [0.05, 0.1) is 12.1 Å². The van der Waals surface area contributed by atoms with E-state index in [1.807, 2.05) is 0 Å². The molecule has 0 spiro atoms. The van der Waals surface area contributed by atoms with Crippen molar-refractivity contribution in [2.45, 2.75) is 0 Å². The van der Waals surface area contributed by atoms with Crippen LogP contribution in [-0.2, 0) is 9.53 Å². The molecule has 2 rings (SSSR count). The second kappa shape index (κ2) is 6.27. The molecule has 0 amide bonds. The van der Waals surface area contributed by atoms with Crippen LogP contribution in [0.3, 0.4) is 0 Å². The van der Waals surface area contributed by atoms with E-state index >= 15 is 0 Å². The highest BCUT2D eigenvalue weighted by molar-refractivity contribution is 6.30. The van der Waals surface area contributed by atoms with Gasteiger partial charge in [0, 0.05) is 31.7 Å². The topological polar surface area (TPSA) is 94.0 Å². The molecular weight excluding hydrogens is 294 g/mol. The van der Waals surface area contributed by atoms with Crippen LogP contribution in [0.15, 0.2) is 41.4 Å². The molecule has 0 aliphatic heterocycles. The number of fused-ring (bicyclic) bond motifs is 1. The predicted octanol–water partition coefficient (Wildman–Crippen LogP) is 1.25. The number of aromatic nitrogens is 2. The lowest BCUT2D eigenvalue weighted by atomic mass is 10.3. The van der Waals surface area contributed by atoms with Crippen molar-refractivity contribution < 1.29 is 9.53 Å². The van der Waals surface area contributed by atoms with Crippen molar-refractivity contribution in [3.63, 3.8) is 0 Å². The summed E-state index contributed by atoms with van der Waals surface area (Å²) in [5.41, 5.74) is 7.14. The number of methoxy groups -OCH3 is 1. The molecule has 3 N–H and O–H groups in total. The third-order valence-corrected chi connectivity index (χ3v) is 2.86. The second-order valence-electron chi connectivity index (χ2n) is 4.04. The van der Waals surface area contributed by atoms with Crippen LogP contribution in [0, 0.1) is 0 Å². The Balaban J connectivity index is 2.43. The molecule has 2 aromatic heterocycles. The number of pyridine rings is 1. The molecule has 0 radical (unpaired) electrons. The van der Waals surface area contributed by atoms with Crippen molar-refractivity contribution in [3.8, 4) is 0 Å². The molecule has 0 aliphatic carbocycles. The number of amidine groups is 1. The number of esters is 1. The first-order valence-corrected chi connectivity index (χ1v) is 6.37. The Kier molecular flexibility index (Phi) is 4.44. The minimum Gasteiger partial charge on any atom is -0.464 e. The zero-order chi connectivity index (χ0) is 15.4. The molecule has 0 aliphatic rings. The number of likely N-dealkylation sites (N-methyl/N-ethyl adjacent to an activating group) is 1. The van der Waals surface area contributed by atoms with Crippen LogP contribution in [0.2, 0.25) is 5.02 Å². The summed E-state index contributed by atoms with van der Waals surface area (Å²) in [5, 5.41) is 3.19. The maximum Gasteiger partial charge on any atom is 0.354 e. The molecule has 0 saturated carbocycles. The molecule has 0 atom stereocenters. The monoisotopic (exact) mass is 307 g/mol. The lowest BCUT2D eigenvalue weighted by Crippen LogP contribution is -2.21. The molecule has 0 unspecified atom stereocenters. The number of nitrogens with two attached hydrogens (primary N) is 1. The average molecular weight is 308 g/mol. The van der Waals surface area contributed by atoms with Crippen molar-refractivity contribution in [3.05, 3.63) is 41.5 Å². The van der Waals surface area contributed by atoms with E-state index in [9.17, 15) is 4.79 Å². The van der Waals surface area contributed by atoms with Crippen molar-refractivity contribution in [2.75, 3.05) is 14.2 Å². The van der Waals surface area contributed by atoms with Crippen LogP contribution >= 0.6 is 11.6 Å². The molecule has 0 aromatic carbocycles. The molecule has 8 heteroatoms. The zero-order valence-corrected chi connectivity index (χ0v) is 12.3. The smallest absolute Gasteiger partial charge is 0.354 e. The largest absolute Gasteiger partial charge is 0.464 e. The summed E-state index contributed by atoms with van der Waals surface area (Å²) in [6.07, 6.45) is 6.47. The number of imidazole rings is 1. The SMILES string of the molecule is CN/C(=C\C(N)=Nc1cc(Cl)cn2ccnc12)C(=O)OC. The summed E-state index contributed by atoms with van der Waals surface area (Å²) < 4.78 is 6.35. The summed E-state index contributed by atoms with van der Waals surface area (Å²) in [6.45, 7) is 0. The number of hydrogen-bond donors (Lipinski definition) is 2. The van der Waals surface area contributed by atoms with E-state index < -0.39 is 5.97 Å². The molecule has 2 aromatic rings. The Labute approximate surface area is 126 Å². The van der Waals surface area contributed by atoms with Crippen molar-refractivity contribution in [1.29, 1.82) is 0 Å². The van der Waals surface area contributed by atoms with Crippen LogP contribution in [0.5, 0.6) is 0 Å². The van der Waals surface area contributed by atoms with Crippen molar-refractivity contribution in [2.24, 2.45) is 10.7 Å². The molecule has 21 heavy (non-hydrogen) atoms. The number of halogens is 1. The fraction of sp³-hybridized carbons (Fsp3) is 0.154. The van der Waals surface area contributed by atoms with Gasteiger partial charge in [-0.15, -0.1) is 0 Å². The maximum absolute atomic E-state index is 11.5. The highest BCUT2D eigenvalue weighted by Crippen LogP contribution is 2.23. The molecule has 2 heterocycles. The number of hydrogen-bond acceptors (Lipinski definition) is 5. The van der Waals surface area contributed by atoms with E-state index in [-0.39, 0.29) is 11.5 Å². The summed E-state index contributed by atoms with van der Waals surface area (Å²) in [7, 11) is 2.87. The molecule has 7 nitrogen and oxygen atoms in total. The zero-order valence-electron chi connectivity index (χ0n) is 11.5. The number of nitrogens with one attached hydrogen (secondary N) is 1. The number of aliphatic imine (C=N–C) groups is 1. The van der Waals surface area contributed by atoms with Gasteiger partial charge >= 0.3 is 5.97 Å². The standard InChI is InChI=1S/C13H14ClN5O2/c1-16-10(13(20)21-2)6-11(15)18-9-5-8(14)7-19-4-3-17-12(9)19/h3-7,16H,1-2H3,(H2,15,18)/b10-6-. The fourth-order valence-corrected chi connectivity index (χ4v) is 1.93.